The monoisotopic (exact) mass is 267 g/mol. The molecule has 1 fully saturated rings. The number of hydrogen-bond acceptors (Lipinski definition) is 3. The van der Waals surface area contributed by atoms with Crippen molar-refractivity contribution in [2.75, 3.05) is 11.5 Å². The molecule has 0 aliphatic carbocycles. The average molecular weight is 267 g/mol. The zero-order valence-electron chi connectivity index (χ0n) is 10.3. The molecule has 17 heavy (non-hydrogen) atoms. The van der Waals surface area contributed by atoms with Crippen molar-refractivity contribution in [3.05, 3.63) is 35.9 Å². The predicted octanol–water partition coefficient (Wildman–Crippen LogP) is 3.18. The highest BCUT2D eigenvalue weighted by Crippen LogP contribution is 2.33. The highest BCUT2D eigenvalue weighted by Gasteiger charge is 2.27. The third kappa shape index (κ3) is 3.94. The Morgan fingerprint density at radius 2 is 1.94 bits per heavy atom. The van der Waals surface area contributed by atoms with Gasteiger partial charge >= 0.3 is 0 Å². The fourth-order valence-electron chi connectivity index (χ4n) is 2.26. The Balaban J connectivity index is 1.82. The van der Waals surface area contributed by atoms with Crippen molar-refractivity contribution in [1.29, 1.82) is 0 Å². The van der Waals surface area contributed by atoms with Crippen molar-refractivity contribution in [3.63, 3.8) is 0 Å². The maximum absolute atomic E-state index is 6.35. The average Bonchev–Trinajstić information content (AvgIpc) is 2.38. The molecule has 0 radical (unpaired) electrons. The second-order valence-electron chi connectivity index (χ2n) is 4.60. The van der Waals surface area contributed by atoms with Gasteiger partial charge in [-0.25, -0.2) is 0 Å². The van der Waals surface area contributed by atoms with Crippen LogP contribution < -0.4 is 5.73 Å². The molecule has 1 saturated heterocycles. The van der Waals surface area contributed by atoms with Crippen molar-refractivity contribution < 1.29 is 0 Å². The standard InChI is InChI=1S/C14H21NS2/c1-11-14(17-10-9-16-11)13(15)8-7-12-5-3-2-4-6-12/h2-6,11,13-14H,7-10,15H2,1H3. The number of hydrogen-bond donors (Lipinski definition) is 1. The molecule has 1 aromatic carbocycles. The molecule has 1 nitrogen and oxygen atoms in total. The normalized spacial score (nSPS) is 26.7. The van der Waals surface area contributed by atoms with Crippen LogP contribution >= 0.6 is 23.5 Å². The highest BCUT2D eigenvalue weighted by molar-refractivity contribution is 8.07. The van der Waals surface area contributed by atoms with Crippen molar-refractivity contribution in [1.82, 2.24) is 0 Å². The summed E-state index contributed by atoms with van der Waals surface area (Å²) in [6, 6.07) is 11.0. The molecule has 3 unspecified atom stereocenters. The summed E-state index contributed by atoms with van der Waals surface area (Å²) in [5, 5.41) is 1.34. The van der Waals surface area contributed by atoms with Gasteiger partial charge in [0.15, 0.2) is 0 Å². The van der Waals surface area contributed by atoms with Crippen LogP contribution in [-0.2, 0) is 6.42 Å². The van der Waals surface area contributed by atoms with Gasteiger partial charge in [0.05, 0.1) is 0 Å². The number of thioether (sulfide) groups is 2. The van der Waals surface area contributed by atoms with E-state index >= 15 is 0 Å². The lowest BCUT2D eigenvalue weighted by Gasteiger charge is -2.32. The summed E-state index contributed by atoms with van der Waals surface area (Å²) in [4.78, 5) is 0. The van der Waals surface area contributed by atoms with Crippen LogP contribution in [0.15, 0.2) is 30.3 Å². The Labute approximate surface area is 113 Å². The number of aryl methyl sites for hydroxylation is 1. The largest absolute Gasteiger partial charge is 0.327 e. The first-order chi connectivity index (χ1) is 8.27. The predicted molar refractivity (Wildman–Crippen MR) is 80.9 cm³/mol. The summed E-state index contributed by atoms with van der Waals surface area (Å²) in [6.45, 7) is 2.32. The molecular formula is C14H21NS2. The van der Waals surface area contributed by atoms with Crippen LogP contribution in [-0.4, -0.2) is 28.0 Å². The maximum Gasteiger partial charge on any atom is 0.0315 e. The molecular weight excluding hydrogens is 246 g/mol. The summed E-state index contributed by atoms with van der Waals surface area (Å²) in [7, 11) is 0. The maximum atomic E-state index is 6.35. The van der Waals surface area contributed by atoms with Crippen molar-refractivity contribution in [2.24, 2.45) is 5.73 Å². The molecule has 3 heteroatoms. The number of nitrogens with two attached hydrogens (primary N) is 1. The summed E-state index contributed by atoms with van der Waals surface area (Å²) in [6.07, 6.45) is 2.21. The zero-order chi connectivity index (χ0) is 12.1. The zero-order valence-corrected chi connectivity index (χ0v) is 12.0. The first kappa shape index (κ1) is 13.3. The van der Waals surface area contributed by atoms with Gasteiger partial charge in [-0.3, -0.25) is 0 Å². The van der Waals surface area contributed by atoms with Crippen LogP contribution in [0.5, 0.6) is 0 Å². The molecule has 1 aliphatic rings. The van der Waals surface area contributed by atoms with E-state index < -0.39 is 0 Å². The van der Waals surface area contributed by atoms with Crippen molar-refractivity contribution in [3.8, 4) is 0 Å². The van der Waals surface area contributed by atoms with Gasteiger partial charge < -0.3 is 5.73 Å². The van der Waals surface area contributed by atoms with E-state index in [2.05, 4.69) is 60.8 Å². The second-order valence-corrected chi connectivity index (χ2v) is 7.37. The first-order valence-electron chi connectivity index (χ1n) is 6.30. The molecule has 94 valence electrons. The van der Waals surface area contributed by atoms with Crippen molar-refractivity contribution in [2.45, 2.75) is 36.3 Å². The number of rotatable bonds is 4. The van der Waals surface area contributed by atoms with E-state index in [1.54, 1.807) is 0 Å². The summed E-state index contributed by atoms with van der Waals surface area (Å²) in [5.41, 5.74) is 7.76. The van der Waals surface area contributed by atoms with Gasteiger partial charge in [-0.2, -0.15) is 23.5 Å². The van der Waals surface area contributed by atoms with Crippen LogP contribution in [0, 0.1) is 0 Å². The third-order valence-corrected chi connectivity index (χ3v) is 6.54. The van der Waals surface area contributed by atoms with E-state index in [1.165, 1.54) is 17.1 Å². The van der Waals surface area contributed by atoms with Gasteiger partial charge in [-0.1, -0.05) is 37.3 Å². The van der Waals surface area contributed by atoms with Crippen LogP contribution in [0.2, 0.25) is 0 Å². The first-order valence-corrected chi connectivity index (χ1v) is 8.40. The Bertz CT molecular complexity index is 328. The summed E-state index contributed by atoms with van der Waals surface area (Å²) < 4.78 is 0. The summed E-state index contributed by atoms with van der Waals surface area (Å²) in [5.74, 6) is 2.55. The molecule has 0 amide bonds. The molecule has 0 saturated carbocycles. The minimum absolute atomic E-state index is 0.336. The van der Waals surface area contributed by atoms with Gasteiger partial charge in [-0.15, -0.1) is 0 Å². The Hall–Kier alpha value is -0.120. The molecule has 0 spiro atoms. The quantitative estimate of drug-likeness (QED) is 0.907. The Morgan fingerprint density at radius 1 is 1.24 bits per heavy atom. The molecule has 1 aliphatic heterocycles. The van der Waals surface area contributed by atoms with Crippen LogP contribution in [0.1, 0.15) is 18.9 Å². The SMILES string of the molecule is CC1SCCSC1C(N)CCc1ccccc1. The van der Waals surface area contributed by atoms with Gasteiger partial charge in [0.25, 0.3) is 0 Å². The number of benzene rings is 1. The minimum atomic E-state index is 0.336. The third-order valence-electron chi connectivity index (χ3n) is 3.27. The molecule has 0 aromatic heterocycles. The summed E-state index contributed by atoms with van der Waals surface area (Å²) >= 11 is 4.14. The fraction of sp³-hybridized carbons (Fsp3) is 0.571. The van der Waals surface area contributed by atoms with E-state index in [0.717, 1.165) is 12.8 Å². The van der Waals surface area contributed by atoms with E-state index in [9.17, 15) is 0 Å². The minimum Gasteiger partial charge on any atom is -0.327 e. The van der Waals surface area contributed by atoms with E-state index in [1.807, 2.05) is 0 Å². The van der Waals surface area contributed by atoms with E-state index in [-0.39, 0.29) is 0 Å². The topological polar surface area (TPSA) is 26.0 Å². The van der Waals surface area contributed by atoms with Crippen LogP contribution in [0.4, 0.5) is 0 Å². The fourth-order valence-corrected chi connectivity index (χ4v) is 5.19. The molecule has 1 heterocycles. The lowest BCUT2D eigenvalue weighted by molar-refractivity contribution is 0.579. The molecule has 3 atom stereocenters. The lowest BCUT2D eigenvalue weighted by Crippen LogP contribution is -2.40. The van der Waals surface area contributed by atoms with Gasteiger partial charge in [0, 0.05) is 28.0 Å². The van der Waals surface area contributed by atoms with Crippen LogP contribution in [0.3, 0.4) is 0 Å². The molecule has 0 bridgehead atoms. The Kier molecular flexibility index (Phi) is 5.26. The Morgan fingerprint density at radius 3 is 2.65 bits per heavy atom. The molecule has 2 N–H and O–H groups in total. The highest BCUT2D eigenvalue weighted by atomic mass is 32.2. The van der Waals surface area contributed by atoms with E-state index in [4.69, 9.17) is 5.73 Å². The van der Waals surface area contributed by atoms with Crippen molar-refractivity contribution >= 4 is 23.5 Å². The van der Waals surface area contributed by atoms with Gasteiger partial charge in [-0.05, 0) is 18.4 Å². The second kappa shape index (κ2) is 6.72. The van der Waals surface area contributed by atoms with E-state index in [0.29, 0.717) is 16.5 Å². The molecule has 1 aromatic rings. The van der Waals surface area contributed by atoms with Gasteiger partial charge in [0.1, 0.15) is 0 Å². The van der Waals surface area contributed by atoms with Crippen LogP contribution in [0.25, 0.3) is 0 Å². The lowest BCUT2D eigenvalue weighted by atomic mass is 10.0. The van der Waals surface area contributed by atoms with Gasteiger partial charge in [0.2, 0.25) is 0 Å². The molecule has 2 rings (SSSR count). The smallest absolute Gasteiger partial charge is 0.0315 e.